The molecule has 0 spiro atoms. The molecule has 1 amide bonds. The molecule has 2 nitrogen and oxygen atoms in total. The van der Waals surface area contributed by atoms with Crippen LogP contribution < -0.4 is 0 Å². The van der Waals surface area contributed by atoms with E-state index in [4.69, 9.17) is 0 Å². The third-order valence-electron chi connectivity index (χ3n) is 4.57. The van der Waals surface area contributed by atoms with Crippen LogP contribution in [0.4, 0.5) is 4.39 Å². The molecule has 0 N–H and O–H groups in total. The summed E-state index contributed by atoms with van der Waals surface area (Å²) in [6.45, 7) is 2.27. The van der Waals surface area contributed by atoms with Crippen molar-refractivity contribution in [2.75, 3.05) is 7.05 Å². The van der Waals surface area contributed by atoms with Crippen molar-refractivity contribution in [1.29, 1.82) is 0 Å². The van der Waals surface area contributed by atoms with E-state index in [0.717, 1.165) is 23.5 Å². The van der Waals surface area contributed by atoms with E-state index in [1.165, 1.54) is 30.2 Å². The van der Waals surface area contributed by atoms with Crippen molar-refractivity contribution in [2.24, 2.45) is 5.92 Å². The van der Waals surface area contributed by atoms with Gasteiger partial charge in [-0.2, -0.15) is 0 Å². The van der Waals surface area contributed by atoms with Crippen molar-refractivity contribution in [1.82, 2.24) is 4.90 Å². The Hall–Kier alpha value is -1.42. The second-order valence-electron chi connectivity index (χ2n) is 6.09. The zero-order valence-electron chi connectivity index (χ0n) is 12.4. The normalized spacial score (nSPS) is 22.4. The summed E-state index contributed by atoms with van der Waals surface area (Å²) in [6.07, 6.45) is 4.51. The predicted molar refractivity (Wildman–Crippen MR) is 85.3 cm³/mol. The molecular formula is C17H20FNOS. The number of thiophene rings is 1. The molecule has 0 unspecified atom stereocenters. The molecule has 0 aliphatic heterocycles. The Bertz CT molecular complexity index is 658. The van der Waals surface area contributed by atoms with Gasteiger partial charge in [0.1, 0.15) is 5.82 Å². The Morgan fingerprint density at radius 2 is 2.00 bits per heavy atom. The number of halogens is 1. The van der Waals surface area contributed by atoms with Crippen LogP contribution in [0.2, 0.25) is 0 Å². The first kappa shape index (κ1) is 14.5. The summed E-state index contributed by atoms with van der Waals surface area (Å²) in [7, 11) is 1.88. The van der Waals surface area contributed by atoms with Crippen LogP contribution in [0.25, 0.3) is 10.1 Å². The minimum absolute atomic E-state index is 0.0233. The summed E-state index contributed by atoms with van der Waals surface area (Å²) in [5, 5.41) is 0.552. The minimum Gasteiger partial charge on any atom is -0.338 e. The molecule has 1 heterocycles. The highest BCUT2D eigenvalue weighted by atomic mass is 32.1. The molecule has 1 aromatic heterocycles. The maximum absolute atomic E-state index is 13.7. The van der Waals surface area contributed by atoms with E-state index in [2.05, 4.69) is 6.92 Å². The number of benzene rings is 1. The number of hydrogen-bond donors (Lipinski definition) is 0. The van der Waals surface area contributed by atoms with E-state index < -0.39 is 0 Å². The average molecular weight is 305 g/mol. The van der Waals surface area contributed by atoms with Gasteiger partial charge < -0.3 is 4.90 Å². The van der Waals surface area contributed by atoms with Crippen molar-refractivity contribution in [3.05, 3.63) is 35.0 Å². The van der Waals surface area contributed by atoms with E-state index in [0.29, 0.717) is 16.3 Å². The number of fused-ring (bicyclic) bond motifs is 1. The first-order valence-corrected chi connectivity index (χ1v) is 8.33. The monoisotopic (exact) mass is 305 g/mol. The fraction of sp³-hybridized carbons (Fsp3) is 0.471. The summed E-state index contributed by atoms with van der Waals surface area (Å²) < 4.78 is 14.6. The highest BCUT2D eigenvalue weighted by molar-refractivity contribution is 7.20. The molecule has 1 fully saturated rings. The zero-order chi connectivity index (χ0) is 15.0. The Labute approximate surface area is 128 Å². The molecule has 1 aliphatic carbocycles. The molecule has 4 heteroatoms. The van der Waals surface area contributed by atoms with Gasteiger partial charge in [0.25, 0.3) is 5.91 Å². The Morgan fingerprint density at radius 1 is 1.29 bits per heavy atom. The quantitative estimate of drug-likeness (QED) is 0.788. The molecule has 0 radical (unpaired) electrons. The molecule has 0 atom stereocenters. The van der Waals surface area contributed by atoms with Gasteiger partial charge in [0.2, 0.25) is 0 Å². The largest absolute Gasteiger partial charge is 0.338 e. The van der Waals surface area contributed by atoms with Crippen molar-refractivity contribution in [3.8, 4) is 0 Å². The molecule has 1 aliphatic rings. The van der Waals surface area contributed by atoms with Gasteiger partial charge in [-0.25, -0.2) is 4.39 Å². The number of nitrogens with zero attached hydrogens (tertiary/aromatic N) is 1. The van der Waals surface area contributed by atoms with Crippen LogP contribution in [0, 0.1) is 11.7 Å². The van der Waals surface area contributed by atoms with E-state index in [9.17, 15) is 9.18 Å². The fourth-order valence-corrected chi connectivity index (χ4v) is 4.16. The van der Waals surface area contributed by atoms with Gasteiger partial charge in [-0.15, -0.1) is 11.3 Å². The van der Waals surface area contributed by atoms with Gasteiger partial charge in [0.15, 0.2) is 0 Å². The lowest BCUT2D eigenvalue weighted by Gasteiger charge is -2.33. The van der Waals surface area contributed by atoms with E-state index in [1.54, 1.807) is 12.1 Å². The number of rotatable bonds is 2. The van der Waals surface area contributed by atoms with Crippen molar-refractivity contribution in [2.45, 2.75) is 38.6 Å². The Balaban J connectivity index is 1.81. The Morgan fingerprint density at radius 3 is 2.67 bits per heavy atom. The van der Waals surface area contributed by atoms with E-state index in [1.807, 2.05) is 18.0 Å². The fourth-order valence-electron chi connectivity index (χ4n) is 3.10. The van der Waals surface area contributed by atoms with Crippen molar-refractivity contribution in [3.63, 3.8) is 0 Å². The SMILES string of the molecule is CC1CCC(N(C)C(=O)c2cc3c(F)cccc3s2)CC1. The summed E-state index contributed by atoms with van der Waals surface area (Å²) in [5.74, 6) is 0.537. The van der Waals surface area contributed by atoms with Crippen LogP contribution in [0.15, 0.2) is 24.3 Å². The smallest absolute Gasteiger partial charge is 0.263 e. The zero-order valence-corrected chi connectivity index (χ0v) is 13.3. The summed E-state index contributed by atoms with van der Waals surface area (Å²) in [4.78, 5) is 15.1. The van der Waals surface area contributed by atoms with Crippen LogP contribution in [0.3, 0.4) is 0 Å². The number of hydrogen-bond acceptors (Lipinski definition) is 2. The van der Waals surface area contributed by atoms with Crippen molar-refractivity contribution >= 4 is 27.3 Å². The third kappa shape index (κ3) is 2.82. The topological polar surface area (TPSA) is 20.3 Å². The van der Waals surface area contributed by atoms with E-state index >= 15 is 0 Å². The maximum atomic E-state index is 13.7. The molecule has 1 saturated carbocycles. The van der Waals surface area contributed by atoms with Gasteiger partial charge in [-0.1, -0.05) is 13.0 Å². The summed E-state index contributed by atoms with van der Waals surface area (Å²) >= 11 is 1.38. The van der Waals surface area contributed by atoms with Gasteiger partial charge in [0, 0.05) is 23.2 Å². The lowest BCUT2D eigenvalue weighted by Crippen LogP contribution is -2.38. The maximum Gasteiger partial charge on any atom is 0.263 e. The highest BCUT2D eigenvalue weighted by Gasteiger charge is 2.26. The molecule has 0 bridgehead atoms. The first-order chi connectivity index (χ1) is 10.1. The molecule has 2 aromatic rings. The minimum atomic E-state index is -0.253. The second kappa shape index (κ2) is 5.76. The first-order valence-electron chi connectivity index (χ1n) is 7.51. The van der Waals surface area contributed by atoms with Crippen LogP contribution >= 0.6 is 11.3 Å². The number of amides is 1. The molecule has 1 aromatic carbocycles. The predicted octanol–water partition coefficient (Wildman–Crippen LogP) is 4.69. The number of carbonyl (C=O) groups excluding carboxylic acids is 1. The average Bonchev–Trinajstić information content (AvgIpc) is 2.92. The van der Waals surface area contributed by atoms with Gasteiger partial charge in [0.05, 0.1) is 4.88 Å². The van der Waals surface area contributed by atoms with Crippen LogP contribution in [0.5, 0.6) is 0 Å². The molecule has 3 rings (SSSR count). The van der Waals surface area contributed by atoms with Crippen molar-refractivity contribution < 1.29 is 9.18 Å². The highest BCUT2D eigenvalue weighted by Crippen LogP contribution is 2.31. The second-order valence-corrected chi connectivity index (χ2v) is 7.18. The van der Waals surface area contributed by atoms with E-state index in [-0.39, 0.29) is 11.7 Å². The van der Waals surface area contributed by atoms with Gasteiger partial charge >= 0.3 is 0 Å². The third-order valence-corrected chi connectivity index (χ3v) is 5.66. The summed E-state index contributed by atoms with van der Waals surface area (Å²) in [6, 6.07) is 7.01. The van der Waals surface area contributed by atoms with Crippen LogP contribution in [-0.2, 0) is 0 Å². The van der Waals surface area contributed by atoms with Gasteiger partial charge in [-0.05, 0) is 49.8 Å². The molecule has 0 saturated heterocycles. The molecular weight excluding hydrogens is 285 g/mol. The Kier molecular flexibility index (Phi) is 3.98. The lowest BCUT2D eigenvalue weighted by molar-refractivity contribution is 0.0684. The lowest BCUT2D eigenvalue weighted by atomic mass is 9.87. The van der Waals surface area contributed by atoms with Crippen LogP contribution in [-0.4, -0.2) is 23.9 Å². The number of carbonyl (C=O) groups is 1. The standard InChI is InChI=1S/C17H20FNOS/c1-11-6-8-12(9-7-11)19(2)17(20)16-10-13-14(18)4-3-5-15(13)21-16/h3-5,10-12H,6-9H2,1-2H3. The molecule has 112 valence electrons. The van der Waals surface area contributed by atoms with Crippen LogP contribution in [0.1, 0.15) is 42.3 Å². The molecule has 21 heavy (non-hydrogen) atoms. The summed E-state index contributed by atoms with van der Waals surface area (Å²) in [5.41, 5.74) is 0. The van der Waals surface area contributed by atoms with Gasteiger partial charge in [-0.3, -0.25) is 4.79 Å².